The minimum Gasteiger partial charge on any atom is -0.491 e. The summed E-state index contributed by atoms with van der Waals surface area (Å²) >= 11 is 17.3. The van der Waals surface area contributed by atoms with Gasteiger partial charge in [-0.15, -0.1) is 0 Å². The van der Waals surface area contributed by atoms with Gasteiger partial charge in [0.05, 0.1) is 23.4 Å². The van der Waals surface area contributed by atoms with Crippen LogP contribution in [0.25, 0.3) is 0 Å². The molecule has 1 fully saturated rings. The van der Waals surface area contributed by atoms with Crippen molar-refractivity contribution in [2.45, 2.75) is 13.3 Å². The zero-order valence-corrected chi connectivity index (χ0v) is 18.7. The Balaban J connectivity index is 1.61. The maximum atomic E-state index is 6.03. The highest BCUT2D eigenvalue weighted by Gasteiger charge is 2.21. The van der Waals surface area contributed by atoms with Crippen molar-refractivity contribution >= 4 is 58.0 Å². The lowest BCUT2D eigenvalue weighted by atomic mass is 10.1. The lowest BCUT2D eigenvalue weighted by molar-refractivity contribution is 0.344. The van der Waals surface area contributed by atoms with Crippen molar-refractivity contribution in [2.75, 3.05) is 49.2 Å². The summed E-state index contributed by atoms with van der Waals surface area (Å²) in [7, 11) is 1.60. The lowest BCUT2D eigenvalue weighted by Crippen LogP contribution is -2.23. The van der Waals surface area contributed by atoms with E-state index in [1.54, 1.807) is 31.5 Å². The van der Waals surface area contributed by atoms with Crippen LogP contribution >= 0.6 is 35.4 Å². The van der Waals surface area contributed by atoms with Crippen LogP contribution in [0, 0.1) is 5.92 Å². The van der Waals surface area contributed by atoms with Gasteiger partial charge >= 0.3 is 0 Å². The molecule has 1 saturated heterocycles. The van der Waals surface area contributed by atoms with Crippen molar-refractivity contribution in [1.82, 2.24) is 14.9 Å². The molecular formula is C19H24Cl2N6OS. The molecule has 156 valence electrons. The third kappa shape index (κ3) is 6.05. The first-order chi connectivity index (χ1) is 14.0. The SMILES string of the molecule is CCN1CCC(CNc2nc(NC(=S)Nc3ccc(Cl)c(Cl)c3)ncc2OC)C1. The molecule has 0 saturated carbocycles. The van der Waals surface area contributed by atoms with Gasteiger partial charge in [0.1, 0.15) is 0 Å². The topological polar surface area (TPSA) is 74.3 Å². The summed E-state index contributed by atoms with van der Waals surface area (Å²) in [4.78, 5) is 11.2. The van der Waals surface area contributed by atoms with Gasteiger partial charge < -0.3 is 25.6 Å². The predicted octanol–water partition coefficient (Wildman–Crippen LogP) is 4.35. The number of hydrogen-bond donors (Lipinski definition) is 3. The average molecular weight is 455 g/mol. The van der Waals surface area contributed by atoms with E-state index < -0.39 is 0 Å². The molecule has 3 rings (SSSR count). The number of thiocarbonyl (C=S) groups is 1. The molecule has 0 spiro atoms. The zero-order chi connectivity index (χ0) is 20.8. The van der Waals surface area contributed by atoms with E-state index in [9.17, 15) is 0 Å². The van der Waals surface area contributed by atoms with Gasteiger partial charge in [-0.05, 0) is 55.8 Å². The van der Waals surface area contributed by atoms with Gasteiger partial charge in [0.25, 0.3) is 0 Å². The van der Waals surface area contributed by atoms with E-state index in [0.29, 0.717) is 44.3 Å². The Morgan fingerprint density at radius 2 is 2.14 bits per heavy atom. The number of halogens is 2. The van der Waals surface area contributed by atoms with Crippen LogP contribution in [-0.4, -0.2) is 53.3 Å². The summed E-state index contributed by atoms with van der Waals surface area (Å²) < 4.78 is 5.38. The van der Waals surface area contributed by atoms with E-state index >= 15 is 0 Å². The van der Waals surface area contributed by atoms with E-state index in [-0.39, 0.29) is 0 Å². The molecular weight excluding hydrogens is 431 g/mol. The molecule has 1 aromatic heterocycles. The quantitative estimate of drug-likeness (QED) is 0.532. The van der Waals surface area contributed by atoms with Crippen LogP contribution in [0.4, 0.5) is 17.5 Å². The van der Waals surface area contributed by atoms with Gasteiger partial charge in [0.2, 0.25) is 5.95 Å². The number of methoxy groups -OCH3 is 1. The molecule has 1 atom stereocenters. The van der Waals surface area contributed by atoms with Crippen LogP contribution in [0.15, 0.2) is 24.4 Å². The molecule has 7 nitrogen and oxygen atoms in total. The summed E-state index contributed by atoms with van der Waals surface area (Å²) in [6.07, 6.45) is 2.80. The number of benzene rings is 1. The molecule has 0 bridgehead atoms. The normalized spacial score (nSPS) is 16.5. The number of nitrogens with zero attached hydrogens (tertiary/aromatic N) is 3. The van der Waals surface area contributed by atoms with Crippen molar-refractivity contribution < 1.29 is 4.74 Å². The van der Waals surface area contributed by atoms with E-state index in [2.05, 4.69) is 37.7 Å². The second-order valence-electron chi connectivity index (χ2n) is 6.75. The highest BCUT2D eigenvalue weighted by atomic mass is 35.5. The number of anilines is 3. The number of rotatable bonds is 7. The molecule has 1 aliphatic heterocycles. The Kier molecular flexibility index (Phi) is 7.71. The Bertz CT molecular complexity index is 869. The summed E-state index contributed by atoms with van der Waals surface area (Å²) in [5.41, 5.74) is 0.713. The van der Waals surface area contributed by atoms with Gasteiger partial charge in [-0.1, -0.05) is 30.1 Å². The predicted molar refractivity (Wildman–Crippen MR) is 124 cm³/mol. The van der Waals surface area contributed by atoms with Gasteiger partial charge in [-0.2, -0.15) is 4.98 Å². The average Bonchev–Trinajstić information content (AvgIpc) is 3.17. The third-order valence-electron chi connectivity index (χ3n) is 4.75. The molecule has 0 aliphatic carbocycles. The standard InChI is InChI=1S/C19H24Cl2N6OS/c1-3-27-7-6-12(11-27)9-22-17-16(28-2)10-23-18(25-17)26-19(29)24-13-4-5-14(20)15(21)8-13/h4-5,8,10,12H,3,6-7,9,11H2,1-2H3,(H3,22,23,24,25,26,29). The maximum absolute atomic E-state index is 6.03. The molecule has 2 aromatic rings. The van der Waals surface area contributed by atoms with Crippen LogP contribution in [0.3, 0.4) is 0 Å². The monoisotopic (exact) mass is 454 g/mol. The molecule has 1 aromatic carbocycles. The van der Waals surface area contributed by atoms with Crippen molar-refractivity contribution in [3.05, 3.63) is 34.4 Å². The Labute approximate surface area is 186 Å². The number of nitrogens with one attached hydrogen (secondary N) is 3. The number of hydrogen-bond acceptors (Lipinski definition) is 6. The van der Waals surface area contributed by atoms with Crippen molar-refractivity contribution in [2.24, 2.45) is 5.92 Å². The third-order valence-corrected chi connectivity index (χ3v) is 5.70. The first-order valence-corrected chi connectivity index (χ1v) is 10.5. The van der Waals surface area contributed by atoms with Crippen molar-refractivity contribution in [3.8, 4) is 5.75 Å². The van der Waals surface area contributed by atoms with Gasteiger partial charge in [0, 0.05) is 18.8 Å². The first-order valence-electron chi connectivity index (χ1n) is 9.38. The minimum atomic E-state index is 0.342. The maximum Gasteiger partial charge on any atom is 0.231 e. The van der Waals surface area contributed by atoms with Crippen LogP contribution in [0.1, 0.15) is 13.3 Å². The smallest absolute Gasteiger partial charge is 0.231 e. The minimum absolute atomic E-state index is 0.342. The highest BCUT2D eigenvalue weighted by molar-refractivity contribution is 7.80. The highest BCUT2D eigenvalue weighted by Crippen LogP contribution is 2.26. The number of likely N-dealkylation sites (tertiary alicyclic amines) is 1. The van der Waals surface area contributed by atoms with E-state index in [1.165, 1.54) is 6.42 Å². The Morgan fingerprint density at radius 3 is 2.83 bits per heavy atom. The number of ether oxygens (including phenoxy) is 1. The zero-order valence-electron chi connectivity index (χ0n) is 16.3. The van der Waals surface area contributed by atoms with Crippen LogP contribution in [0.5, 0.6) is 5.75 Å². The van der Waals surface area contributed by atoms with E-state index in [4.69, 9.17) is 40.2 Å². The second-order valence-corrected chi connectivity index (χ2v) is 7.97. The molecule has 0 radical (unpaired) electrons. The molecule has 10 heteroatoms. The molecule has 1 aliphatic rings. The Hall–Kier alpha value is -1.87. The lowest BCUT2D eigenvalue weighted by Gasteiger charge is -2.16. The largest absolute Gasteiger partial charge is 0.491 e. The summed E-state index contributed by atoms with van der Waals surface area (Å²) in [6, 6.07) is 5.18. The fourth-order valence-electron chi connectivity index (χ4n) is 3.15. The molecule has 29 heavy (non-hydrogen) atoms. The van der Waals surface area contributed by atoms with Crippen LogP contribution in [0.2, 0.25) is 10.0 Å². The molecule has 1 unspecified atom stereocenters. The molecule has 0 amide bonds. The summed E-state index contributed by atoms with van der Waals surface area (Å²) in [5.74, 6) is 2.18. The second kappa shape index (κ2) is 10.2. The van der Waals surface area contributed by atoms with Gasteiger partial charge in [0.15, 0.2) is 16.7 Å². The molecule has 2 heterocycles. The van der Waals surface area contributed by atoms with Crippen LogP contribution in [-0.2, 0) is 0 Å². The Morgan fingerprint density at radius 1 is 1.31 bits per heavy atom. The van der Waals surface area contributed by atoms with Crippen molar-refractivity contribution in [3.63, 3.8) is 0 Å². The van der Waals surface area contributed by atoms with Gasteiger partial charge in [-0.25, -0.2) is 4.98 Å². The van der Waals surface area contributed by atoms with Crippen molar-refractivity contribution in [1.29, 1.82) is 0 Å². The van der Waals surface area contributed by atoms with Crippen LogP contribution < -0.4 is 20.7 Å². The van der Waals surface area contributed by atoms with E-state index in [1.807, 2.05) is 0 Å². The summed E-state index contributed by atoms with van der Waals surface area (Å²) in [5, 5.41) is 10.7. The fourth-order valence-corrected chi connectivity index (χ4v) is 3.66. The fraction of sp³-hybridized carbons (Fsp3) is 0.421. The summed E-state index contributed by atoms with van der Waals surface area (Å²) in [6.45, 7) is 6.35. The van der Waals surface area contributed by atoms with Gasteiger partial charge in [-0.3, -0.25) is 0 Å². The van der Waals surface area contributed by atoms with E-state index in [0.717, 1.165) is 26.2 Å². The number of aromatic nitrogens is 2. The molecule has 3 N–H and O–H groups in total. The first kappa shape index (κ1) is 21.8.